The van der Waals surface area contributed by atoms with E-state index in [0.717, 1.165) is 11.4 Å². The van der Waals surface area contributed by atoms with Crippen molar-refractivity contribution in [3.63, 3.8) is 0 Å². The minimum atomic E-state index is -0.257. The van der Waals surface area contributed by atoms with Crippen molar-refractivity contribution < 1.29 is 9.18 Å². The molecule has 0 spiro atoms. The Morgan fingerprint density at radius 2 is 1.70 bits per heavy atom. The van der Waals surface area contributed by atoms with Crippen molar-refractivity contribution in [2.45, 2.75) is 5.16 Å². The second-order valence-electron chi connectivity index (χ2n) is 7.64. The molecular formula is C24H21FN4O2S2. The largest absolute Gasteiger partial charge is 0.368 e. The van der Waals surface area contributed by atoms with Crippen LogP contribution in [0.15, 0.2) is 76.0 Å². The number of piperazine rings is 1. The number of amides is 1. The molecule has 9 heteroatoms. The van der Waals surface area contributed by atoms with Gasteiger partial charge in [0.25, 0.3) is 5.56 Å². The first-order valence-corrected chi connectivity index (χ1v) is 12.4. The topological polar surface area (TPSA) is 58.4 Å². The standard InChI is InChI=1S/C24H21FN4O2S2/c25-17-6-8-18(9-7-17)27-11-13-28(14-12-27)21(30)16-33-24-26-20-10-15-32-22(20)23(31)29(24)19-4-2-1-3-5-19/h1-10,15H,11-14,16H2. The number of para-hydroxylation sites is 1. The molecular weight excluding hydrogens is 459 g/mol. The van der Waals surface area contributed by atoms with Crippen LogP contribution in [0.1, 0.15) is 0 Å². The van der Waals surface area contributed by atoms with Gasteiger partial charge >= 0.3 is 0 Å². The quantitative estimate of drug-likeness (QED) is 0.319. The van der Waals surface area contributed by atoms with Crippen LogP contribution in [-0.4, -0.2) is 52.3 Å². The molecule has 0 radical (unpaired) electrons. The average Bonchev–Trinajstić information content (AvgIpc) is 3.33. The number of hydrogen-bond acceptors (Lipinski definition) is 6. The Morgan fingerprint density at radius 1 is 0.970 bits per heavy atom. The van der Waals surface area contributed by atoms with E-state index < -0.39 is 0 Å². The molecule has 168 valence electrons. The summed E-state index contributed by atoms with van der Waals surface area (Å²) in [6.07, 6.45) is 0. The Morgan fingerprint density at radius 3 is 2.42 bits per heavy atom. The Balaban J connectivity index is 1.30. The number of carbonyl (C=O) groups is 1. The molecule has 0 aliphatic carbocycles. The molecule has 5 rings (SSSR count). The molecule has 0 unspecified atom stereocenters. The molecule has 0 N–H and O–H groups in total. The van der Waals surface area contributed by atoms with E-state index in [9.17, 15) is 14.0 Å². The van der Waals surface area contributed by atoms with E-state index in [2.05, 4.69) is 9.88 Å². The number of nitrogens with zero attached hydrogens (tertiary/aromatic N) is 4. The minimum Gasteiger partial charge on any atom is -0.368 e. The van der Waals surface area contributed by atoms with Crippen LogP contribution in [0.5, 0.6) is 0 Å². The molecule has 3 heterocycles. The van der Waals surface area contributed by atoms with Gasteiger partial charge in [-0.05, 0) is 47.8 Å². The predicted molar refractivity (Wildman–Crippen MR) is 131 cm³/mol. The van der Waals surface area contributed by atoms with E-state index >= 15 is 0 Å². The number of aromatic nitrogens is 2. The first-order valence-electron chi connectivity index (χ1n) is 10.6. The lowest BCUT2D eigenvalue weighted by molar-refractivity contribution is -0.128. The van der Waals surface area contributed by atoms with E-state index in [1.54, 1.807) is 16.7 Å². The number of benzene rings is 2. The fourth-order valence-corrected chi connectivity index (χ4v) is 5.55. The summed E-state index contributed by atoms with van der Waals surface area (Å²) in [4.78, 5) is 34.7. The zero-order valence-electron chi connectivity index (χ0n) is 17.7. The molecule has 2 aromatic heterocycles. The molecule has 1 saturated heterocycles. The minimum absolute atomic E-state index is 0.0121. The maximum Gasteiger partial charge on any atom is 0.276 e. The second-order valence-corrected chi connectivity index (χ2v) is 9.50. The SMILES string of the molecule is O=C(CSc1nc2ccsc2c(=O)n1-c1ccccc1)N1CCN(c2ccc(F)cc2)CC1. The smallest absolute Gasteiger partial charge is 0.276 e. The van der Waals surface area contributed by atoms with Gasteiger partial charge in [0.1, 0.15) is 10.5 Å². The molecule has 1 amide bonds. The van der Waals surface area contributed by atoms with Gasteiger partial charge in [0.05, 0.1) is 17.0 Å². The van der Waals surface area contributed by atoms with Crippen LogP contribution in [0.2, 0.25) is 0 Å². The van der Waals surface area contributed by atoms with Crippen molar-refractivity contribution in [3.8, 4) is 5.69 Å². The molecule has 1 aliphatic rings. The Labute approximate surface area is 198 Å². The van der Waals surface area contributed by atoms with Gasteiger partial charge < -0.3 is 9.80 Å². The average molecular weight is 481 g/mol. The molecule has 1 fully saturated rings. The molecule has 33 heavy (non-hydrogen) atoms. The van der Waals surface area contributed by atoms with Gasteiger partial charge in [0.15, 0.2) is 5.16 Å². The summed E-state index contributed by atoms with van der Waals surface area (Å²) in [5.74, 6) is -0.0447. The molecule has 6 nitrogen and oxygen atoms in total. The number of thiophene rings is 1. The fraction of sp³-hybridized carbons (Fsp3) is 0.208. The maximum atomic E-state index is 13.2. The summed E-state index contributed by atoms with van der Waals surface area (Å²) < 4.78 is 15.4. The molecule has 0 atom stereocenters. The number of fused-ring (bicyclic) bond motifs is 1. The second kappa shape index (κ2) is 9.36. The van der Waals surface area contributed by atoms with Gasteiger partial charge in [-0.1, -0.05) is 30.0 Å². The molecule has 2 aromatic carbocycles. The molecule has 1 aliphatic heterocycles. The lowest BCUT2D eigenvalue weighted by Crippen LogP contribution is -2.49. The summed E-state index contributed by atoms with van der Waals surface area (Å²) in [6, 6.07) is 17.6. The number of halogens is 1. The van der Waals surface area contributed by atoms with Crippen LogP contribution in [0.25, 0.3) is 15.9 Å². The van der Waals surface area contributed by atoms with Gasteiger partial charge in [0.2, 0.25) is 5.91 Å². The van der Waals surface area contributed by atoms with Crippen LogP contribution in [-0.2, 0) is 4.79 Å². The zero-order valence-corrected chi connectivity index (χ0v) is 19.3. The first kappa shape index (κ1) is 21.7. The summed E-state index contributed by atoms with van der Waals surface area (Å²) in [6.45, 7) is 2.57. The number of carbonyl (C=O) groups excluding carboxylic acids is 1. The van der Waals surface area contributed by atoms with Crippen molar-refractivity contribution in [2.75, 3.05) is 36.8 Å². The Hall–Kier alpha value is -3.17. The third kappa shape index (κ3) is 4.51. The van der Waals surface area contributed by atoms with Crippen LogP contribution >= 0.6 is 23.1 Å². The lowest BCUT2D eigenvalue weighted by Gasteiger charge is -2.36. The van der Waals surface area contributed by atoms with Crippen LogP contribution < -0.4 is 10.5 Å². The summed E-state index contributed by atoms with van der Waals surface area (Å²) in [7, 11) is 0. The van der Waals surface area contributed by atoms with Crippen molar-refractivity contribution in [3.05, 3.63) is 82.2 Å². The highest BCUT2D eigenvalue weighted by Gasteiger charge is 2.23. The number of rotatable bonds is 5. The number of anilines is 1. The third-order valence-corrected chi connectivity index (χ3v) is 7.43. The van der Waals surface area contributed by atoms with Crippen molar-refractivity contribution in [1.82, 2.24) is 14.5 Å². The monoisotopic (exact) mass is 480 g/mol. The third-order valence-electron chi connectivity index (χ3n) is 5.61. The molecule has 0 bridgehead atoms. The molecule has 0 saturated carbocycles. The van der Waals surface area contributed by atoms with Crippen molar-refractivity contribution >= 4 is 44.9 Å². The van der Waals surface area contributed by atoms with E-state index in [-0.39, 0.29) is 23.0 Å². The van der Waals surface area contributed by atoms with Gasteiger partial charge in [-0.2, -0.15) is 0 Å². The van der Waals surface area contributed by atoms with Gasteiger partial charge in [0, 0.05) is 31.9 Å². The van der Waals surface area contributed by atoms with Crippen LogP contribution in [0.3, 0.4) is 0 Å². The van der Waals surface area contributed by atoms with Crippen molar-refractivity contribution in [2.24, 2.45) is 0 Å². The van der Waals surface area contributed by atoms with Gasteiger partial charge in [-0.15, -0.1) is 11.3 Å². The Bertz CT molecular complexity index is 1330. The van der Waals surface area contributed by atoms with Crippen LogP contribution in [0, 0.1) is 5.82 Å². The van der Waals surface area contributed by atoms with E-state index in [1.165, 1.54) is 35.2 Å². The molecule has 4 aromatic rings. The Kier molecular flexibility index (Phi) is 6.15. The lowest BCUT2D eigenvalue weighted by atomic mass is 10.2. The van der Waals surface area contributed by atoms with Gasteiger partial charge in [-0.3, -0.25) is 14.2 Å². The highest BCUT2D eigenvalue weighted by Crippen LogP contribution is 2.24. The van der Waals surface area contributed by atoms with E-state index in [0.29, 0.717) is 41.6 Å². The van der Waals surface area contributed by atoms with E-state index in [1.807, 2.05) is 46.7 Å². The highest BCUT2D eigenvalue weighted by atomic mass is 32.2. The van der Waals surface area contributed by atoms with Gasteiger partial charge in [-0.25, -0.2) is 9.37 Å². The number of thioether (sulfide) groups is 1. The highest BCUT2D eigenvalue weighted by molar-refractivity contribution is 7.99. The number of hydrogen-bond donors (Lipinski definition) is 0. The summed E-state index contributed by atoms with van der Waals surface area (Å²) in [5, 5.41) is 2.37. The van der Waals surface area contributed by atoms with E-state index in [4.69, 9.17) is 0 Å². The zero-order chi connectivity index (χ0) is 22.8. The normalized spacial score (nSPS) is 14.1. The first-order chi connectivity index (χ1) is 16.1. The fourth-order valence-electron chi connectivity index (χ4n) is 3.88. The van der Waals surface area contributed by atoms with Crippen molar-refractivity contribution in [1.29, 1.82) is 0 Å². The predicted octanol–water partition coefficient (Wildman–Crippen LogP) is 4.03. The summed E-state index contributed by atoms with van der Waals surface area (Å²) in [5.41, 5.74) is 2.22. The maximum absolute atomic E-state index is 13.2. The summed E-state index contributed by atoms with van der Waals surface area (Å²) >= 11 is 2.66. The van der Waals surface area contributed by atoms with Crippen LogP contribution in [0.4, 0.5) is 10.1 Å².